The van der Waals surface area contributed by atoms with Crippen LogP contribution in [0.25, 0.3) is 6.08 Å². The first-order chi connectivity index (χ1) is 14.5. The summed E-state index contributed by atoms with van der Waals surface area (Å²) in [5, 5.41) is 0.597. The van der Waals surface area contributed by atoms with Crippen molar-refractivity contribution in [1.29, 1.82) is 0 Å². The lowest BCUT2D eigenvalue weighted by molar-refractivity contribution is -0.123. The molecule has 0 N–H and O–H groups in total. The third-order valence-electron chi connectivity index (χ3n) is 5.24. The van der Waals surface area contributed by atoms with Crippen LogP contribution in [-0.4, -0.2) is 15.1 Å². The Bertz CT molecular complexity index is 1240. The van der Waals surface area contributed by atoms with Crippen LogP contribution in [0.1, 0.15) is 28.3 Å². The van der Waals surface area contributed by atoms with Crippen molar-refractivity contribution in [2.75, 3.05) is 0 Å². The molecule has 0 bridgehead atoms. The van der Waals surface area contributed by atoms with Gasteiger partial charge in [0.1, 0.15) is 15.8 Å². The van der Waals surface area contributed by atoms with Gasteiger partial charge in [-0.05, 0) is 36.3 Å². The van der Waals surface area contributed by atoms with E-state index in [0.717, 1.165) is 33.8 Å². The minimum atomic E-state index is -0.338. The molecule has 3 aromatic rings. The first-order valence-corrected chi connectivity index (χ1v) is 11.0. The van der Waals surface area contributed by atoms with Crippen LogP contribution in [0.5, 0.6) is 11.5 Å². The summed E-state index contributed by atoms with van der Waals surface area (Å²) < 4.78 is 6.71. The van der Waals surface area contributed by atoms with E-state index in [0.29, 0.717) is 14.2 Å². The number of fused-ring (bicyclic) bond motifs is 2. The zero-order valence-electron chi connectivity index (χ0n) is 16.0. The monoisotopic (exact) mass is 449 g/mol. The van der Waals surface area contributed by atoms with Gasteiger partial charge in [-0.15, -0.1) is 0 Å². The molecule has 0 aliphatic carbocycles. The van der Waals surface area contributed by atoms with E-state index in [4.69, 9.17) is 28.6 Å². The number of para-hydroxylation sites is 2. The topological polar surface area (TPSA) is 29.5 Å². The summed E-state index contributed by atoms with van der Waals surface area (Å²) in [6, 6.07) is 20.9. The number of thiocarbonyl (C=S) groups is 1. The molecule has 0 spiro atoms. The van der Waals surface area contributed by atoms with Gasteiger partial charge in [0.2, 0.25) is 0 Å². The highest BCUT2D eigenvalue weighted by molar-refractivity contribution is 8.26. The Hall–Kier alpha value is -2.60. The first-order valence-electron chi connectivity index (χ1n) is 9.42. The van der Waals surface area contributed by atoms with Crippen LogP contribution >= 0.6 is 35.6 Å². The van der Waals surface area contributed by atoms with E-state index in [2.05, 4.69) is 0 Å². The van der Waals surface area contributed by atoms with E-state index in [1.807, 2.05) is 79.7 Å². The molecule has 30 heavy (non-hydrogen) atoms. The molecule has 0 unspecified atom stereocenters. The van der Waals surface area contributed by atoms with E-state index in [1.54, 1.807) is 4.90 Å². The quantitative estimate of drug-likeness (QED) is 0.320. The molecule has 5 rings (SSSR count). The maximum Gasteiger partial charge on any atom is 0.267 e. The Morgan fingerprint density at radius 2 is 1.77 bits per heavy atom. The molecular formula is C24H16ClNO2S2. The number of ether oxygens (including phenoxy) is 1. The molecule has 1 amide bonds. The molecule has 6 heteroatoms. The zero-order chi connectivity index (χ0) is 20.8. The van der Waals surface area contributed by atoms with Gasteiger partial charge in [0, 0.05) is 16.1 Å². The third-order valence-corrected chi connectivity index (χ3v) is 6.91. The van der Waals surface area contributed by atoms with Gasteiger partial charge in [-0.3, -0.25) is 9.69 Å². The second-order valence-corrected chi connectivity index (χ2v) is 9.19. The Balaban J connectivity index is 1.63. The Labute approximate surface area is 189 Å². The lowest BCUT2D eigenvalue weighted by Crippen LogP contribution is -2.35. The van der Waals surface area contributed by atoms with E-state index >= 15 is 0 Å². The minimum absolute atomic E-state index is 0.126. The zero-order valence-corrected chi connectivity index (χ0v) is 18.4. The van der Waals surface area contributed by atoms with Crippen LogP contribution in [0.2, 0.25) is 5.02 Å². The summed E-state index contributed by atoms with van der Waals surface area (Å²) in [6.45, 7) is 2.01. The second-order valence-electron chi connectivity index (χ2n) is 7.11. The van der Waals surface area contributed by atoms with Gasteiger partial charge in [-0.25, -0.2) is 0 Å². The van der Waals surface area contributed by atoms with Gasteiger partial charge in [0.25, 0.3) is 5.91 Å². The highest BCUT2D eigenvalue weighted by atomic mass is 35.5. The van der Waals surface area contributed by atoms with Crippen molar-refractivity contribution in [2.45, 2.75) is 13.0 Å². The van der Waals surface area contributed by atoms with Crippen molar-refractivity contribution < 1.29 is 9.53 Å². The molecule has 148 valence electrons. The Kier molecular flexibility index (Phi) is 4.89. The smallest absolute Gasteiger partial charge is 0.267 e. The number of rotatable bonds is 2. The van der Waals surface area contributed by atoms with Gasteiger partial charge in [0.15, 0.2) is 0 Å². The van der Waals surface area contributed by atoms with Gasteiger partial charge in [-0.2, -0.15) is 0 Å². The summed E-state index contributed by atoms with van der Waals surface area (Å²) in [7, 11) is 0. The lowest BCUT2D eigenvalue weighted by Gasteiger charge is -2.34. The maximum absolute atomic E-state index is 13.5. The fraction of sp³-hybridized carbons (Fsp3) is 0.0833. The van der Waals surface area contributed by atoms with Crippen LogP contribution in [0.4, 0.5) is 0 Å². The van der Waals surface area contributed by atoms with E-state index in [9.17, 15) is 4.79 Å². The number of carbonyl (C=O) groups excluding carboxylic acids is 1. The molecule has 0 radical (unpaired) electrons. The molecule has 0 aromatic heterocycles. The van der Waals surface area contributed by atoms with Crippen LogP contribution in [-0.2, 0) is 4.79 Å². The summed E-state index contributed by atoms with van der Waals surface area (Å²) in [4.78, 5) is 15.8. The van der Waals surface area contributed by atoms with Crippen LogP contribution in [0, 0.1) is 6.92 Å². The number of hydrogen-bond acceptors (Lipinski definition) is 4. The molecular weight excluding hydrogens is 434 g/mol. The van der Waals surface area contributed by atoms with Crippen LogP contribution in [0.3, 0.4) is 0 Å². The van der Waals surface area contributed by atoms with Crippen LogP contribution < -0.4 is 4.74 Å². The third kappa shape index (κ3) is 3.14. The van der Waals surface area contributed by atoms with Crippen molar-refractivity contribution in [2.24, 2.45) is 0 Å². The number of amides is 1. The predicted molar refractivity (Wildman–Crippen MR) is 126 cm³/mol. The minimum Gasteiger partial charge on any atom is -0.456 e. The fourth-order valence-electron chi connectivity index (χ4n) is 3.82. The van der Waals surface area contributed by atoms with Crippen molar-refractivity contribution in [3.8, 4) is 11.5 Å². The van der Waals surface area contributed by atoms with E-state index in [-0.39, 0.29) is 11.9 Å². The number of hydrogen-bond donors (Lipinski definition) is 0. The summed E-state index contributed by atoms with van der Waals surface area (Å²) in [5.41, 5.74) is 3.67. The summed E-state index contributed by atoms with van der Waals surface area (Å²) >= 11 is 13.3. The van der Waals surface area contributed by atoms with Crippen molar-refractivity contribution >= 4 is 51.9 Å². The lowest BCUT2D eigenvalue weighted by atomic mass is 9.92. The predicted octanol–water partition coefficient (Wildman–Crippen LogP) is 6.74. The number of benzene rings is 3. The van der Waals surface area contributed by atoms with Gasteiger partial charge in [0.05, 0.1) is 10.9 Å². The largest absolute Gasteiger partial charge is 0.456 e. The standard InChI is InChI=1S/C24H16ClNO2S2/c1-14-7-6-10-17-21(16-9-3-5-12-19(16)28-22(14)17)26-23(27)20(30-24(26)29)13-15-8-2-4-11-18(15)25/h2-13,21H,1H3/b20-13-/t21-/m0/s1. The average Bonchev–Trinajstić information content (AvgIpc) is 3.01. The van der Waals surface area contributed by atoms with Crippen molar-refractivity contribution in [1.82, 2.24) is 4.90 Å². The molecule has 3 nitrogen and oxygen atoms in total. The number of carbonyl (C=O) groups is 1. The molecule has 2 heterocycles. The first kappa shape index (κ1) is 19.4. The number of halogens is 1. The normalized spacial score (nSPS) is 18.9. The van der Waals surface area contributed by atoms with Gasteiger partial charge in [-0.1, -0.05) is 90.2 Å². The Morgan fingerprint density at radius 1 is 1.03 bits per heavy atom. The maximum atomic E-state index is 13.5. The van der Waals surface area contributed by atoms with Gasteiger partial charge < -0.3 is 4.74 Å². The summed E-state index contributed by atoms with van der Waals surface area (Å²) in [5.74, 6) is 1.40. The molecule has 1 saturated heterocycles. The number of aryl methyl sites for hydroxylation is 1. The van der Waals surface area contributed by atoms with Crippen LogP contribution in [0.15, 0.2) is 71.6 Å². The summed E-state index contributed by atoms with van der Waals surface area (Å²) in [6.07, 6.45) is 1.81. The molecule has 1 fully saturated rings. The number of thioether (sulfide) groups is 1. The van der Waals surface area contributed by atoms with Gasteiger partial charge >= 0.3 is 0 Å². The Morgan fingerprint density at radius 3 is 2.60 bits per heavy atom. The molecule has 0 saturated carbocycles. The van der Waals surface area contributed by atoms with E-state index < -0.39 is 0 Å². The second kappa shape index (κ2) is 7.58. The molecule has 2 aliphatic rings. The molecule has 3 aromatic carbocycles. The molecule has 2 aliphatic heterocycles. The number of nitrogens with zero attached hydrogens (tertiary/aromatic N) is 1. The fourth-order valence-corrected chi connectivity index (χ4v) is 5.32. The highest BCUT2D eigenvalue weighted by Crippen LogP contribution is 2.50. The van der Waals surface area contributed by atoms with Crippen molar-refractivity contribution in [3.63, 3.8) is 0 Å². The highest BCUT2D eigenvalue weighted by Gasteiger charge is 2.42. The van der Waals surface area contributed by atoms with E-state index in [1.165, 1.54) is 11.8 Å². The molecule has 1 atom stereocenters. The SMILES string of the molecule is Cc1cccc2c1Oc1ccccc1[C@@H]2N1C(=O)/C(=C/c2ccccc2Cl)SC1=S. The van der Waals surface area contributed by atoms with Crippen molar-refractivity contribution in [3.05, 3.63) is 98.9 Å². The average molecular weight is 450 g/mol.